The number of alkyl halides is 2. The Balaban J connectivity index is 2.17. The maximum atomic E-state index is 13.3. The molecule has 0 spiro atoms. The summed E-state index contributed by atoms with van der Waals surface area (Å²) in [6, 6.07) is 6.03. The van der Waals surface area contributed by atoms with Crippen LogP contribution in [0.1, 0.15) is 12.6 Å². The van der Waals surface area contributed by atoms with E-state index in [1.807, 2.05) is 0 Å². The number of halogens is 3. The van der Waals surface area contributed by atoms with E-state index in [0.29, 0.717) is 22.0 Å². The van der Waals surface area contributed by atoms with Crippen LogP contribution in [0, 0.1) is 0 Å². The van der Waals surface area contributed by atoms with E-state index in [9.17, 15) is 13.6 Å². The molecule has 2 heterocycles. The number of hydrogen-bond acceptors (Lipinski definition) is 4. The highest BCUT2D eigenvalue weighted by atomic mass is 35.5. The van der Waals surface area contributed by atoms with Gasteiger partial charge >= 0.3 is 0 Å². The van der Waals surface area contributed by atoms with Gasteiger partial charge in [0.05, 0.1) is 23.9 Å². The Morgan fingerprint density at radius 2 is 2.09 bits per heavy atom. The zero-order valence-electron chi connectivity index (χ0n) is 11.8. The molecule has 23 heavy (non-hydrogen) atoms. The fourth-order valence-corrected chi connectivity index (χ4v) is 2.18. The third kappa shape index (κ3) is 3.11. The third-order valence-electron chi connectivity index (χ3n) is 3.10. The van der Waals surface area contributed by atoms with Crippen LogP contribution in [-0.4, -0.2) is 25.0 Å². The van der Waals surface area contributed by atoms with Crippen LogP contribution < -0.4 is 5.56 Å². The number of rotatable bonds is 3. The molecule has 9 heteroatoms. The number of aromatic nitrogens is 5. The second kappa shape index (κ2) is 5.54. The molecule has 0 aliphatic heterocycles. The van der Waals surface area contributed by atoms with Crippen molar-refractivity contribution in [3.05, 3.63) is 57.9 Å². The van der Waals surface area contributed by atoms with E-state index in [0.717, 1.165) is 13.1 Å². The lowest BCUT2D eigenvalue weighted by molar-refractivity contribution is 0.0126. The van der Waals surface area contributed by atoms with Crippen molar-refractivity contribution in [2.75, 3.05) is 0 Å². The van der Waals surface area contributed by atoms with Crippen LogP contribution in [0.15, 0.2) is 41.6 Å². The molecule has 0 amide bonds. The summed E-state index contributed by atoms with van der Waals surface area (Å²) in [6.45, 7) is 0.739. The van der Waals surface area contributed by atoms with E-state index in [1.54, 1.807) is 18.2 Å². The van der Waals surface area contributed by atoms with Crippen molar-refractivity contribution in [3.8, 4) is 16.9 Å². The summed E-state index contributed by atoms with van der Waals surface area (Å²) in [6.07, 6.45) is 2.37. The predicted octanol–water partition coefficient (Wildman–Crippen LogP) is 2.78. The molecular formula is C14H10ClF2N5O. The maximum absolute atomic E-state index is 13.3. The van der Waals surface area contributed by atoms with Crippen LogP contribution in [0.3, 0.4) is 0 Å². The minimum absolute atomic E-state index is 0.339. The molecule has 0 unspecified atom stereocenters. The lowest BCUT2D eigenvalue weighted by atomic mass is 10.1. The molecule has 0 saturated heterocycles. The minimum Gasteiger partial charge on any atom is -0.313 e. The monoisotopic (exact) mass is 337 g/mol. The SMILES string of the molecule is CC(F)(F)c1cn(-c2ccc(Cl)cc2-c2cc(=O)[nH]cn2)nn1. The summed E-state index contributed by atoms with van der Waals surface area (Å²) >= 11 is 5.99. The lowest BCUT2D eigenvalue weighted by Crippen LogP contribution is -2.07. The second-order valence-electron chi connectivity index (χ2n) is 4.89. The van der Waals surface area contributed by atoms with Gasteiger partial charge in [-0.25, -0.2) is 9.67 Å². The number of hydrogen-bond donors (Lipinski definition) is 1. The van der Waals surface area contributed by atoms with Gasteiger partial charge in [0, 0.05) is 23.6 Å². The lowest BCUT2D eigenvalue weighted by Gasteiger charge is -2.09. The van der Waals surface area contributed by atoms with Gasteiger partial charge in [-0.2, -0.15) is 8.78 Å². The van der Waals surface area contributed by atoms with Gasteiger partial charge in [-0.15, -0.1) is 5.10 Å². The normalized spacial score (nSPS) is 11.7. The molecule has 0 atom stereocenters. The van der Waals surface area contributed by atoms with Gasteiger partial charge in [-0.1, -0.05) is 16.8 Å². The molecule has 3 rings (SSSR count). The summed E-state index contributed by atoms with van der Waals surface area (Å²) in [5.41, 5.74) is 0.430. The molecule has 3 aromatic rings. The van der Waals surface area contributed by atoms with E-state index in [4.69, 9.17) is 11.6 Å². The van der Waals surface area contributed by atoms with Gasteiger partial charge in [0.15, 0.2) is 5.69 Å². The zero-order chi connectivity index (χ0) is 16.6. The van der Waals surface area contributed by atoms with Crippen molar-refractivity contribution >= 4 is 11.6 Å². The number of nitrogens with one attached hydrogen (secondary N) is 1. The van der Waals surface area contributed by atoms with Gasteiger partial charge in [0.2, 0.25) is 0 Å². The van der Waals surface area contributed by atoms with E-state index in [1.165, 1.54) is 17.1 Å². The average molecular weight is 338 g/mol. The van der Waals surface area contributed by atoms with E-state index in [-0.39, 0.29) is 5.56 Å². The third-order valence-corrected chi connectivity index (χ3v) is 3.34. The highest BCUT2D eigenvalue weighted by molar-refractivity contribution is 6.31. The Labute approximate surface area is 133 Å². The molecule has 0 bridgehead atoms. The highest BCUT2D eigenvalue weighted by Gasteiger charge is 2.28. The number of H-pyrrole nitrogens is 1. The zero-order valence-corrected chi connectivity index (χ0v) is 12.6. The standard InChI is InChI=1S/C14H10ClF2N5O/c1-14(16,17)12-6-22(21-20-12)11-3-2-8(15)4-9(11)10-5-13(23)19-7-18-10/h2-7H,1H3,(H,18,19,23). The Kier molecular flexibility index (Phi) is 3.69. The van der Waals surface area contributed by atoms with Crippen molar-refractivity contribution in [1.82, 2.24) is 25.0 Å². The first-order valence-corrected chi connectivity index (χ1v) is 6.88. The van der Waals surface area contributed by atoms with Crippen molar-refractivity contribution in [2.24, 2.45) is 0 Å². The van der Waals surface area contributed by atoms with Crippen molar-refractivity contribution in [3.63, 3.8) is 0 Å². The molecule has 1 aromatic carbocycles. The van der Waals surface area contributed by atoms with Gasteiger partial charge < -0.3 is 4.98 Å². The van der Waals surface area contributed by atoms with Crippen LogP contribution in [0.4, 0.5) is 8.78 Å². The average Bonchev–Trinajstić information content (AvgIpc) is 2.97. The Morgan fingerprint density at radius 1 is 1.30 bits per heavy atom. The van der Waals surface area contributed by atoms with E-state index in [2.05, 4.69) is 20.3 Å². The van der Waals surface area contributed by atoms with Crippen molar-refractivity contribution < 1.29 is 8.78 Å². The summed E-state index contributed by atoms with van der Waals surface area (Å²) < 4.78 is 27.9. The fraction of sp³-hybridized carbons (Fsp3) is 0.143. The van der Waals surface area contributed by atoms with E-state index >= 15 is 0 Å². The van der Waals surface area contributed by atoms with Crippen molar-refractivity contribution in [1.29, 1.82) is 0 Å². The molecule has 0 aliphatic carbocycles. The van der Waals surface area contributed by atoms with Crippen LogP contribution in [0.25, 0.3) is 16.9 Å². The van der Waals surface area contributed by atoms with Crippen LogP contribution in [0.2, 0.25) is 5.02 Å². The molecule has 0 fully saturated rings. The van der Waals surface area contributed by atoms with Crippen LogP contribution >= 0.6 is 11.6 Å². The first-order chi connectivity index (χ1) is 10.8. The maximum Gasteiger partial charge on any atom is 0.290 e. The summed E-state index contributed by atoms with van der Waals surface area (Å²) in [4.78, 5) is 17.9. The molecule has 1 N–H and O–H groups in total. The van der Waals surface area contributed by atoms with Crippen LogP contribution in [0.5, 0.6) is 0 Å². The van der Waals surface area contributed by atoms with Gasteiger partial charge in [-0.05, 0) is 18.2 Å². The molecular weight excluding hydrogens is 328 g/mol. The smallest absolute Gasteiger partial charge is 0.290 e. The first kappa shape index (κ1) is 15.3. The van der Waals surface area contributed by atoms with Crippen LogP contribution in [-0.2, 0) is 5.92 Å². The topological polar surface area (TPSA) is 76.5 Å². The molecule has 118 valence electrons. The molecule has 6 nitrogen and oxygen atoms in total. The molecule has 0 aliphatic rings. The van der Waals surface area contributed by atoms with Crippen molar-refractivity contribution in [2.45, 2.75) is 12.8 Å². The minimum atomic E-state index is -3.10. The van der Waals surface area contributed by atoms with Gasteiger partial charge in [0.25, 0.3) is 11.5 Å². The summed E-state index contributed by atoms with van der Waals surface area (Å²) in [5, 5.41) is 7.61. The molecule has 2 aromatic heterocycles. The first-order valence-electron chi connectivity index (χ1n) is 6.50. The number of benzene rings is 1. The number of aromatic amines is 1. The summed E-state index contributed by atoms with van der Waals surface area (Å²) in [5.74, 6) is -3.10. The van der Waals surface area contributed by atoms with Gasteiger partial charge in [-0.3, -0.25) is 4.79 Å². The van der Waals surface area contributed by atoms with E-state index < -0.39 is 11.6 Å². The Morgan fingerprint density at radius 3 is 2.74 bits per heavy atom. The molecule has 0 saturated carbocycles. The largest absolute Gasteiger partial charge is 0.313 e. The Bertz CT molecular complexity index is 916. The fourth-order valence-electron chi connectivity index (χ4n) is 2.01. The second-order valence-corrected chi connectivity index (χ2v) is 5.33. The summed E-state index contributed by atoms with van der Waals surface area (Å²) in [7, 11) is 0. The van der Waals surface area contributed by atoms with Gasteiger partial charge in [0.1, 0.15) is 0 Å². The number of nitrogens with zero attached hydrogens (tertiary/aromatic N) is 4. The Hall–Kier alpha value is -2.61. The highest BCUT2D eigenvalue weighted by Crippen LogP contribution is 2.29. The predicted molar refractivity (Wildman–Crippen MR) is 79.8 cm³/mol. The molecule has 0 radical (unpaired) electrons. The quantitative estimate of drug-likeness (QED) is 0.797.